The van der Waals surface area contributed by atoms with Gasteiger partial charge in [-0.3, -0.25) is 0 Å². The van der Waals surface area contributed by atoms with Gasteiger partial charge in [-0.15, -0.1) is 0 Å². The molecule has 0 spiro atoms. The van der Waals surface area contributed by atoms with E-state index >= 15 is 0 Å². The molecule has 1 heterocycles. The summed E-state index contributed by atoms with van der Waals surface area (Å²) in [5.41, 5.74) is 0.688. The number of nitrogens with one attached hydrogen (secondary N) is 1. The highest BCUT2D eigenvalue weighted by Gasteiger charge is 2.10. The number of hydrogen-bond donors (Lipinski definition) is 1. The Morgan fingerprint density at radius 3 is 2.26 bits per heavy atom. The smallest absolute Gasteiger partial charge is 0.183 e. The molecule has 0 amide bonds. The van der Waals surface area contributed by atoms with Crippen LogP contribution in [0.25, 0.3) is 11.4 Å². The van der Waals surface area contributed by atoms with Crippen LogP contribution in [0.3, 0.4) is 0 Å². The fourth-order valence-electron chi connectivity index (χ4n) is 1.62. The maximum atomic E-state index is 13.3. The van der Waals surface area contributed by atoms with Gasteiger partial charge in [0.15, 0.2) is 17.5 Å². The van der Waals surface area contributed by atoms with Crippen molar-refractivity contribution in [3.05, 3.63) is 30.2 Å². The topological polar surface area (TPSA) is 56.3 Å². The van der Waals surface area contributed by atoms with Crippen LogP contribution in [0.5, 0.6) is 11.5 Å². The molecule has 0 aliphatic carbocycles. The number of aromatic nitrogens is 2. The minimum atomic E-state index is -0.499. The Balaban J connectivity index is 2.51. The predicted molar refractivity (Wildman–Crippen MR) is 70.1 cm³/mol. The van der Waals surface area contributed by atoms with Gasteiger partial charge in [0.2, 0.25) is 0 Å². The van der Waals surface area contributed by atoms with Crippen LogP contribution in [-0.2, 0) is 0 Å². The molecule has 2 rings (SSSR count). The Kier molecular flexibility index (Phi) is 3.79. The molecule has 0 unspecified atom stereocenters. The second-order valence-corrected chi connectivity index (χ2v) is 3.74. The van der Waals surface area contributed by atoms with Gasteiger partial charge in [-0.1, -0.05) is 0 Å². The summed E-state index contributed by atoms with van der Waals surface area (Å²) in [4.78, 5) is 8.07. The van der Waals surface area contributed by atoms with Crippen molar-refractivity contribution < 1.29 is 13.9 Å². The lowest BCUT2D eigenvalue weighted by molar-refractivity contribution is 0.394. The van der Waals surface area contributed by atoms with E-state index < -0.39 is 5.82 Å². The zero-order valence-electron chi connectivity index (χ0n) is 10.9. The maximum absolute atomic E-state index is 13.3. The van der Waals surface area contributed by atoms with E-state index in [4.69, 9.17) is 9.47 Å². The first-order valence-electron chi connectivity index (χ1n) is 5.61. The Morgan fingerprint density at radius 1 is 1.11 bits per heavy atom. The molecule has 1 aromatic heterocycles. The first kappa shape index (κ1) is 13.1. The summed E-state index contributed by atoms with van der Waals surface area (Å²) in [6.45, 7) is 0. The van der Waals surface area contributed by atoms with E-state index in [2.05, 4.69) is 15.3 Å². The molecule has 0 saturated carbocycles. The predicted octanol–water partition coefficient (Wildman–Crippen LogP) is 2.34. The van der Waals surface area contributed by atoms with Crippen LogP contribution in [0, 0.1) is 5.82 Å². The number of nitrogens with zero attached hydrogens (tertiary/aromatic N) is 2. The summed E-state index contributed by atoms with van der Waals surface area (Å²) < 4.78 is 23.7. The van der Waals surface area contributed by atoms with E-state index in [9.17, 15) is 4.39 Å². The van der Waals surface area contributed by atoms with Crippen molar-refractivity contribution in [3.63, 3.8) is 0 Å². The maximum Gasteiger partial charge on any atom is 0.183 e. The number of hydrogen-bond acceptors (Lipinski definition) is 5. The number of rotatable bonds is 4. The van der Waals surface area contributed by atoms with Crippen molar-refractivity contribution in [2.75, 3.05) is 26.6 Å². The van der Waals surface area contributed by atoms with Crippen LogP contribution >= 0.6 is 0 Å². The number of halogens is 1. The summed E-state index contributed by atoms with van der Waals surface area (Å²) in [6, 6.07) is 5.26. The van der Waals surface area contributed by atoms with Gasteiger partial charge < -0.3 is 14.8 Å². The van der Waals surface area contributed by atoms with Gasteiger partial charge in [-0.2, -0.15) is 0 Å². The molecule has 5 nitrogen and oxygen atoms in total. The van der Waals surface area contributed by atoms with Crippen LogP contribution in [0.4, 0.5) is 10.2 Å². The lowest BCUT2D eigenvalue weighted by Crippen LogP contribution is -2.00. The molecule has 2 aromatic rings. The van der Waals surface area contributed by atoms with Gasteiger partial charge in [0.1, 0.15) is 11.5 Å². The van der Waals surface area contributed by atoms with Crippen molar-refractivity contribution in [1.82, 2.24) is 9.97 Å². The number of methoxy groups -OCH3 is 2. The summed E-state index contributed by atoms with van der Waals surface area (Å²) in [7, 11) is 4.72. The summed E-state index contributed by atoms with van der Waals surface area (Å²) >= 11 is 0. The largest absolute Gasteiger partial charge is 0.497 e. The lowest BCUT2D eigenvalue weighted by atomic mass is 10.2. The number of ether oxygens (including phenoxy) is 2. The highest BCUT2D eigenvalue weighted by Crippen LogP contribution is 2.28. The highest BCUT2D eigenvalue weighted by atomic mass is 19.1. The third-order valence-corrected chi connectivity index (χ3v) is 2.59. The molecule has 0 aliphatic rings. The molecule has 0 bridgehead atoms. The van der Waals surface area contributed by atoms with Crippen LogP contribution in [0.2, 0.25) is 0 Å². The monoisotopic (exact) mass is 263 g/mol. The minimum absolute atomic E-state index is 0.145. The molecule has 1 aromatic carbocycles. The fourth-order valence-corrected chi connectivity index (χ4v) is 1.62. The lowest BCUT2D eigenvalue weighted by Gasteiger charge is -2.08. The van der Waals surface area contributed by atoms with E-state index in [0.717, 1.165) is 6.20 Å². The molecule has 0 saturated heterocycles. The summed E-state index contributed by atoms with van der Waals surface area (Å²) in [5.74, 6) is 1.28. The third-order valence-electron chi connectivity index (χ3n) is 2.59. The standard InChI is InChI=1S/C13H14FN3O2/c1-15-13-11(14)7-16-12(17-13)8-4-9(18-2)6-10(5-8)19-3/h4-7H,1-3H3,(H,15,16,17). The van der Waals surface area contributed by atoms with Crippen molar-refractivity contribution in [2.24, 2.45) is 0 Å². The van der Waals surface area contributed by atoms with Gasteiger partial charge in [-0.05, 0) is 12.1 Å². The van der Waals surface area contributed by atoms with Crippen LogP contribution < -0.4 is 14.8 Å². The van der Waals surface area contributed by atoms with Crippen molar-refractivity contribution in [2.45, 2.75) is 0 Å². The molecule has 0 fully saturated rings. The van der Waals surface area contributed by atoms with E-state index in [1.54, 1.807) is 39.5 Å². The van der Waals surface area contributed by atoms with Gasteiger partial charge >= 0.3 is 0 Å². The Labute approximate surface area is 110 Å². The molecule has 1 N–H and O–H groups in total. The third kappa shape index (κ3) is 2.73. The average Bonchev–Trinajstić information content (AvgIpc) is 2.47. The normalized spacial score (nSPS) is 10.1. The number of anilines is 1. The summed E-state index contributed by atoms with van der Waals surface area (Å²) in [6.07, 6.45) is 1.13. The first-order valence-corrected chi connectivity index (χ1v) is 5.61. The van der Waals surface area contributed by atoms with E-state index in [1.807, 2.05) is 0 Å². The van der Waals surface area contributed by atoms with E-state index in [-0.39, 0.29) is 5.82 Å². The molecule has 0 radical (unpaired) electrons. The molecule has 0 aliphatic heterocycles. The highest BCUT2D eigenvalue weighted by molar-refractivity contribution is 5.62. The molecule has 0 atom stereocenters. The summed E-state index contributed by atoms with van der Waals surface area (Å²) in [5, 5.41) is 2.67. The minimum Gasteiger partial charge on any atom is -0.497 e. The Hall–Kier alpha value is -2.37. The SMILES string of the molecule is CNc1nc(-c2cc(OC)cc(OC)c2)ncc1F. The first-order chi connectivity index (χ1) is 9.17. The van der Waals surface area contributed by atoms with E-state index in [1.165, 1.54) is 0 Å². The Morgan fingerprint density at radius 2 is 1.74 bits per heavy atom. The van der Waals surface area contributed by atoms with Gasteiger partial charge in [0.25, 0.3) is 0 Å². The van der Waals surface area contributed by atoms with Crippen LogP contribution in [0.1, 0.15) is 0 Å². The zero-order chi connectivity index (χ0) is 13.8. The average molecular weight is 263 g/mol. The number of benzene rings is 1. The second kappa shape index (κ2) is 5.51. The molecule has 100 valence electrons. The molecule has 6 heteroatoms. The second-order valence-electron chi connectivity index (χ2n) is 3.74. The van der Waals surface area contributed by atoms with E-state index in [0.29, 0.717) is 22.9 Å². The quantitative estimate of drug-likeness (QED) is 0.917. The van der Waals surface area contributed by atoms with Crippen molar-refractivity contribution >= 4 is 5.82 Å². The van der Waals surface area contributed by atoms with Crippen LogP contribution in [0.15, 0.2) is 24.4 Å². The van der Waals surface area contributed by atoms with Gasteiger partial charge in [0, 0.05) is 18.7 Å². The Bertz CT molecular complexity index is 568. The van der Waals surface area contributed by atoms with Gasteiger partial charge in [0.05, 0.1) is 20.4 Å². The molecule has 19 heavy (non-hydrogen) atoms. The molecular weight excluding hydrogens is 249 g/mol. The van der Waals surface area contributed by atoms with Crippen molar-refractivity contribution in [1.29, 1.82) is 0 Å². The molecular formula is C13H14FN3O2. The van der Waals surface area contributed by atoms with Crippen LogP contribution in [-0.4, -0.2) is 31.2 Å². The van der Waals surface area contributed by atoms with Gasteiger partial charge in [-0.25, -0.2) is 14.4 Å². The van der Waals surface area contributed by atoms with Crippen molar-refractivity contribution in [3.8, 4) is 22.9 Å². The zero-order valence-corrected chi connectivity index (χ0v) is 10.9. The fraction of sp³-hybridized carbons (Fsp3) is 0.231.